The van der Waals surface area contributed by atoms with E-state index in [1.165, 1.54) is 19.3 Å². The van der Waals surface area contributed by atoms with Crippen LogP contribution in [0.4, 0.5) is 0 Å². The highest BCUT2D eigenvalue weighted by atomic mass is 35.5. The first kappa shape index (κ1) is 25.3. The number of likely N-dealkylation sites (tertiary alicyclic amines) is 2. The first-order valence-electron chi connectivity index (χ1n) is 13.1. The highest BCUT2D eigenvalue weighted by Crippen LogP contribution is 2.40. The lowest BCUT2D eigenvalue weighted by Crippen LogP contribution is -2.40. The molecule has 2 aromatic carbocycles. The molecule has 5 rings (SSSR count). The van der Waals surface area contributed by atoms with Crippen LogP contribution in [0.25, 0.3) is 11.1 Å². The summed E-state index contributed by atoms with van der Waals surface area (Å²) in [4.78, 5) is 43.1. The maximum absolute atomic E-state index is 14.0. The second-order valence-electron chi connectivity index (χ2n) is 10.3. The van der Waals surface area contributed by atoms with E-state index in [1.54, 1.807) is 11.0 Å². The van der Waals surface area contributed by atoms with E-state index in [2.05, 4.69) is 4.90 Å². The quantitative estimate of drug-likeness (QED) is 0.466. The summed E-state index contributed by atoms with van der Waals surface area (Å²) in [6.07, 6.45) is 7.61. The van der Waals surface area contributed by atoms with E-state index in [9.17, 15) is 14.4 Å². The molecule has 5 nitrogen and oxygen atoms in total. The van der Waals surface area contributed by atoms with Crippen molar-refractivity contribution in [2.75, 3.05) is 19.6 Å². The number of hydrogen-bond acceptors (Lipinski definition) is 3. The Morgan fingerprint density at radius 1 is 0.917 bits per heavy atom. The molecule has 0 spiro atoms. The molecule has 0 N–H and O–H groups in total. The highest BCUT2D eigenvalue weighted by molar-refractivity contribution is 6.43. The van der Waals surface area contributed by atoms with Crippen LogP contribution in [0.2, 0.25) is 10.0 Å². The smallest absolute Gasteiger partial charge is 0.254 e. The molecular weight excluding hydrogens is 495 g/mol. The number of nitrogens with zero attached hydrogens (tertiary/aromatic N) is 2. The molecule has 2 heterocycles. The van der Waals surface area contributed by atoms with Gasteiger partial charge in [0, 0.05) is 44.4 Å². The van der Waals surface area contributed by atoms with Gasteiger partial charge in [-0.1, -0.05) is 72.8 Å². The molecule has 1 saturated carbocycles. The van der Waals surface area contributed by atoms with Crippen molar-refractivity contribution in [1.82, 2.24) is 9.80 Å². The van der Waals surface area contributed by atoms with Crippen LogP contribution in [0, 0.1) is 5.92 Å². The Morgan fingerprint density at radius 2 is 1.61 bits per heavy atom. The number of Topliss-reactive ketones (excluding diaryl/α,β-unsaturated/α-hetero) is 1. The molecule has 2 saturated heterocycles. The number of piperidine rings is 1. The van der Waals surface area contributed by atoms with Crippen molar-refractivity contribution in [2.24, 2.45) is 5.92 Å². The predicted molar refractivity (Wildman–Crippen MR) is 142 cm³/mol. The van der Waals surface area contributed by atoms with Crippen molar-refractivity contribution in [3.05, 3.63) is 57.6 Å². The van der Waals surface area contributed by atoms with Gasteiger partial charge < -0.3 is 9.80 Å². The molecule has 0 aromatic heterocycles. The third-order valence-electron chi connectivity index (χ3n) is 8.04. The van der Waals surface area contributed by atoms with Crippen LogP contribution in [0.1, 0.15) is 67.3 Å². The zero-order valence-corrected chi connectivity index (χ0v) is 22.0. The van der Waals surface area contributed by atoms with Gasteiger partial charge in [0.1, 0.15) is 5.78 Å². The number of rotatable bonds is 5. The standard InChI is InChI=1S/C29H32Cl2N2O3/c30-25-18-23(19-7-3-1-4-8-19)26(29(36)32-14-12-22(34)13-15-32)24(27(25)31)17-20-11-16-33(28(20)35)21-9-5-2-6-10-21/h1,3-4,7-8,18,20-21H,2,5-6,9-17H2. The molecule has 1 unspecified atom stereocenters. The largest absolute Gasteiger partial charge is 0.339 e. The van der Waals surface area contributed by atoms with Gasteiger partial charge in [-0.15, -0.1) is 0 Å². The summed E-state index contributed by atoms with van der Waals surface area (Å²) in [5.41, 5.74) is 2.74. The van der Waals surface area contributed by atoms with E-state index < -0.39 is 0 Å². The average Bonchev–Trinajstić information content (AvgIpc) is 3.27. The number of halogens is 2. The molecule has 0 radical (unpaired) electrons. The van der Waals surface area contributed by atoms with Crippen LogP contribution < -0.4 is 0 Å². The lowest BCUT2D eigenvalue weighted by atomic mass is 9.88. The molecule has 1 atom stereocenters. The van der Waals surface area contributed by atoms with Gasteiger partial charge in [-0.25, -0.2) is 0 Å². The molecule has 190 valence electrons. The summed E-state index contributed by atoms with van der Waals surface area (Å²) < 4.78 is 0. The fraction of sp³-hybridized carbons (Fsp3) is 0.483. The van der Waals surface area contributed by atoms with Crippen molar-refractivity contribution in [2.45, 2.75) is 63.8 Å². The van der Waals surface area contributed by atoms with Gasteiger partial charge in [-0.2, -0.15) is 0 Å². The number of benzene rings is 2. The van der Waals surface area contributed by atoms with Crippen molar-refractivity contribution >= 4 is 40.8 Å². The van der Waals surface area contributed by atoms with Gasteiger partial charge in [0.05, 0.1) is 15.6 Å². The minimum absolute atomic E-state index is 0.149. The Bertz CT molecular complexity index is 1150. The van der Waals surface area contributed by atoms with E-state index in [0.29, 0.717) is 59.6 Å². The fourth-order valence-corrected chi connectivity index (χ4v) is 6.48. The summed E-state index contributed by atoms with van der Waals surface area (Å²) in [7, 11) is 0. The maximum Gasteiger partial charge on any atom is 0.254 e. The summed E-state index contributed by atoms with van der Waals surface area (Å²) in [5.74, 6) is -0.0253. The second-order valence-corrected chi connectivity index (χ2v) is 11.1. The Labute approximate surface area is 222 Å². The second kappa shape index (κ2) is 10.9. The van der Waals surface area contributed by atoms with E-state index >= 15 is 0 Å². The van der Waals surface area contributed by atoms with Crippen molar-refractivity contribution in [3.8, 4) is 11.1 Å². The number of hydrogen-bond donors (Lipinski definition) is 0. The molecular formula is C29H32Cl2N2O3. The van der Waals surface area contributed by atoms with Crippen LogP contribution >= 0.6 is 23.2 Å². The molecule has 3 aliphatic rings. The minimum atomic E-state index is -0.221. The van der Waals surface area contributed by atoms with Crippen molar-refractivity contribution in [1.29, 1.82) is 0 Å². The summed E-state index contributed by atoms with van der Waals surface area (Å²) in [6, 6.07) is 11.8. The lowest BCUT2D eigenvalue weighted by molar-refractivity contribution is -0.133. The first-order chi connectivity index (χ1) is 17.4. The van der Waals surface area contributed by atoms with E-state index in [4.69, 9.17) is 23.2 Å². The average molecular weight is 527 g/mol. The van der Waals surface area contributed by atoms with Crippen LogP contribution in [-0.2, 0) is 16.0 Å². The number of carbonyl (C=O) groups excluding carboxylic acids is 3. The summed E-state index contributed by atoms with van der Waals surface area (Å²) in [5, 5.41) is 0.724. The van der Waals surface area contributed by atoms with Crippen LogP contribution in [0.5, 0.6) is 0 Å². The van der Waals surface area contributed by atoms with Crippen LogP contribution in [0.15, 0.2) is 36.4 Å². The molecule has 0 bridgehead atoms. The number of carbonyl (C=O) groups is 3. The van der Waals surface area contributed by atoms with Crippen LogP contribution in [-0.4, -0.2) is 53.1 Å². The molecule has 2 aliphatic heterocycles. The van der Waals surface area contributed by atoms with Gasteiger partial charge in [-0.05, 0) is 48.4 Å². The van der Waals surface area contributed by atoms with Gasteiger partial charge in [0.15, 0.2) is 0 Å². The fourth-order valence-electron chi connectivity index (χ4n) is 6.03. The summed E-state index contributed by atoms with van der Waals surface area (Å²) in [6.45, 7) is 1.54. The normalized spacial score (nSPS) is 21.3. The van der Waals surface area contributed by atoms with Gasteiger partial charge in [-0.3, -0.25) is 14.4 Å². The van der Waals surface area contributed by atoms with Gasteiger partial charge in [0.25, 0.3) is 5.91 Å². The zero-order chi connectivity index (χ0) is 25.2. The number of amides is 2. The van der Waals surface area contributed by atoms with Crippen molar-refractivity contribution in [3.63, 3.8) is 0 Å². The Hall–Kier alpha value is -2.37. The topological polar surface area (TPSA) is 57.7 Å². The Kier molecular flexibility index (Phi) is 7.68. The van der Waals surface area contributed by atoms with E-state index in [-0.39, 0.29) is 23.5 Å². The monoisotopic (exact) mass is 526 g/mol. The molecule has 7 heteroatoms. The molecule has 3 fully saturated rings. The minimum Gasteiger partial charge on any atom is -0.339 e. The predicted octanol–water partition coefficient (Wildman–Crippen LogP) is 6.19. The molecule has 1 aliphatic carbocycles. The zero-order valence-electron chi connectivity index (χ0n) is 20.5. The number of ketones is 1. The molecule has 2 aromatic rings. The van der Waals surface area contributed by atoms with Crippen molar-refractivity contribution < 1.29 is 14.4 Å². The third-order valence-corrected chi connectivity index (χ3v) is 8.87. The lowest BCUT2D eigenvalue weighted by Gasteiger charge is -2.31. The molecule has 2 amide bonds. The van der Waals surface area contributed by atoms with E-state index in [1.807, 2.05) is 30.3 Å². The summed E-state index contributed by atoms with van der Waals surface area (Å²) >= 11 is 13.4. The maximum atomic E-state index is 14.0. The van der Waals surface area contributed by atoms with E-state index in [0.717, 1.165) is 36.9 Å². The van der Waals surface area contributed by atoms with Gasteiger partial charge >= 0.3 is 0 Å². The third kappa shape index (κ3) is 5.05. The molecule has 36 heavy (non-hydrogen) atoms. The highest BCUT2D eigenvalue weighted by Gasteiger charge is 2.38. The SMILES string of the molecule is O=C1CCN(C(=O)c2c(-c3ccccc3)cc(Cl)c(Cl)c2CC2CCN(C3CCCCC3)C2=O)CC1. The Balaban J connectivity index is 1.52. The van der Waals surface area contributed by atoms with Crippen LogP contribution in [0.3, 0.4) is 0 Å². The van der Waals surface area contributed by atoms with Gasteiger partial charge in [0.2, 0.25) is 5.91 Å². The Morgan fingerprint density at radius 3 is 2.31 bits per heavy atom. The first-order valence-corrected chi connectivity index (χ1v) is 13.9.